The number of amides is 1. The van der Waals surface area contributed by atoms with Crippen LogP contribution in [0.2, 0.25) is 0 Å². The molecule has 1 atom stereocenters. The van der Waals surface area contributed by atoms with Gasteiger partial charge in [-0.05, 0) is 12.1 Å². The zero-order chi connectivity index (χ0) is 18.4. The van der Waals surface area contributed by atoms with Crippen LogP contribution >= 0.6 is 0 Å². The third-order valence-corrected chi connectivity index (χ3v) is 3.71. The summed E-state index contributed by atoms with van der Waals surface area (Å²) >= 11 is 0. The van der Waals surface area contributed by atoms with Crippen LogP contribution < -0.4 is 16.6 Å². The monoisotopic (exact) mass is 349 g/mol. The van der Waals surface area contributed by atoms with Crippen molar-refractivity contribution in [2.75, 3.05) is 13.7 Å². The minimum Gasteiger partial charge on any atom is -0.480 e. The molecule has 9 nitrogen and oxygen atoms in total. The highest BCUT2D eigenvalue weighted by Gasteiger charge is 2.19. The highest BCUT2D eigenvalue weighted by atomic mass is 16.5. The molecule has 0 bridgehead atoms. The van der Waals surface area contributed by atoms with E-state index in [9.17, 15) is 19.2 Å². The number of carbonyl (C=O) groups excluding carboxylic acids is 1. The number of para-hydroxylation sites is 1. The highest BCUT2D eigenvalue weighted by Crippen LogP contribution is 2.07. The predicted molar refractivity (Wildman–Crippen MR) is 89.5 cm³/mol. The summed E-state index contributed by atoms with van der Waals surface area (Å²) in [7, 11) is 1.44. The van der Waals surface area contributed by atoms with E-state index in [0.29, 0.717) is 10.9 Å². The maximum Gasteiger partial charge on any atom is 0.328 e. The number of carbonyl (C=O) groups is 2. The van der Waals surface area contributed by atoms with Crippen molar-refractivity contribution in [3.63, 3.8) is 0 Å². The van der Waals surface area contributed by atoms with Crippen LogP contribution in [0.3, 0.4) is 0 Å². The topological polar surface area (TPSA) is 130 Å². The zero-order valence-corrected chi connectivity index (χ0v) is 13.7. The lowest BCUT2D eigenvalue weighted by Crippen LogP contribution is -2.42. The molecule has 0 radical (unpaired) electrons. The molecule has 1 amide bonds. The summed E-state index contributed by atoms with van der Waals surface area (Å²) in [5, 5.41) is 11.8. The SMILES string of the molecule is COCCC(NC(=O)CCn1c(=O)[nH]c(=O)c2ccccc21)C(=O)O. The maximum absolute atomic E-state index is 12.0. The first-order valence-corrected chi connectivity index (χ1v) is 7.67. The molecule has 3 N–H and O–H groups in total. The lowest BCUT2D eigenvalue weighted by Gasteiger charge is -2.14. The molecule has 2 rings (SSSR count). The van der Waals surface area contributed by atoms with E-state index in [1.807, 2.05) is 0 Å². The Morgan fingerprint density at radius 3 is 2.72 bits per heavy atom. The Kier molecular flexibility index (Phi) is 6.07. The molecule has 1 heterocycles. The van der Waals surface area contributed by atoms with Gasteiger partial charge in [-0.25, -0.2) is 9.59 Å². The van der Waals surface area contributed by atoms with Gasteiger partial charge in [0.2, 0.25) is 5.91 Å². The molecule has 134 valence electrons. The van der Waals surface area contributed by atoms with Gasteiger partial charge < -0.3 is 15.2 Å². The second kappa shape index (κ2) is 8.25. The quantitative estimate of drug-likeness (QED) is 0.599. The van der Waals surface area contributed by atoms with Crippen LogP contribution in [-0.4, -0.2) is 46.3 Å². The van der Waals surface area contributed by atoms with E-state index in [1.165, 1.54) is 11.7 Å². The molecule has 1 aromatic heterocycles. The molecule has 25 heavy (non-hydrogen) atoms. The minimum absolute atomic E-state index is 0.0125. The molecule has 0 saturated carbocycles. The third-order valence-electron chi connectivity index (χ3n) is 3.71. The lowest BCUT2D eigenvalue weighted by molar-refractivity contribution is -0.142. The number of H-pyrrole nitrogens is 1. The molecule has 1 aromatic carbocycles. The van der Waals surface area contributed by atoms with Gasteiger partial charge in [-0.3, -0.25) is 19.1 Å². The van der Waals surface area contributed by atoms with Crippen molar-refractivity contribution in [3.8, 4) is 0 Å². The number of fused-ring (bicyclic) bond motifs is 1. The first-order valence-electron chi connectivity index (χ1n) is 7.67. The predicted octanol–water partition coefficient (Wildman–Crippen LogP) is -0.314. The molecule has 0 saturated heterocycles. The fraction of sp³-hybridized carbons (Fsp3) is 0.375. The number of aromatic amines is 1. The van der Waals surface area contributed by atoms with Gasteiger partial charge in [-0.2, -0.15) is 0 Å². The summed E-state index contributed by atoms with van der Waals surface area (Å²) < 4.78 is 6.09. The highest BCUT2D eigenvalue weighted by molar-refractivity contribution is 5.83. The van der Waals surface area contributed by atoms with E-state index >= 15 is 0 Å². The van der Waals surface area contributed by atoms with Gasteiger partial charge >= 0.3 is 11.7 Å². The Balaban J connectivity index is 2.12. The number of methoxy groups -OCH3 is 1. The molecule has 0 fully saturated rings. The summed E-state index contributed by atoms with van der Waals surface area (Å²) in [5.74, 6) is -1.66. The van der Waals surface area contributed by atoms with E-state index in [4.69, 9.17) is 9.84 Å². The number of rotatable bonds is 8. The van der Waals surface area contributed by atoms with Gasteiger partial charge in [-0.15, -0.1) is 0 Å². The maximum atomic E-state index is 12.0. The van der Waals surface area contributed by atoms with Crippen LogP contribution in [0, 0.1) is 0 Å². The number of carboxylic acid groups (broad SMARTS) is 1. The standard InChI is InChI=1S/C16H19N3O6/c1-25-9-7-11(15(22)23)17-13(20)6-8-19-12-5-3-2-4-10(12)14(21)18-16(19)24/h2-5,11H,6-9H2,1H3,(H,17,20)(H,22,23)(H,18,21,24). The van der Waals surface area contributed by atoms with Crippen LogP contribution in [-0.2, 0) is 20.9 Å². The average Bonchev–Trinajstić information content (AvgIpc) is 2.58. The van der Waals surface area contributed by atoms with Crippen LogP contribution in [0.4, 0.5) is 0 Å². The number of nitrogens with one attached hydrogen (secondary N) is 2. The number of aromatic nitrogens is 2. The summed E-state index contributed by atoms with van der Waals surface area (Å²) in [6.45, 7) is 0.208. The van der Waals surface area contributed by atoms with Crippen LogP contribution in [0.15, 0.2) is 33.9 Å². The van der Waals surface area contributed by atoms with Gasteiger partial charge in [0.1, 0.15) is 6.04 Å². The zero-order valence-electron chi connectivity index (χ0n) is 13.7. The molecular weight excluding hydrogens is 330 g/mol. The van der Waals surface area contributed by atoms with Crippen molar-refractivity contribution >= 4 is 22.8 Å². The van der Waals surface area contributed by atoms with Crippen molar-refractivity contribution in [3.05, 3.63) is 45.1 Å². The molecule has 9 heteroatoms. The fourth-order valence-electron chi connectivity index (χ4n) is 2.44. The molecule has 0 aliphatic carbocycles. The van der Waals surface area contributed by atoms with Crippen molar-refractivity contribution < 1.29 is 19.4 Å². The Morgan fingerprint density at radius 2 is 2.04 bits per heavy atom. The fourth-order valence-corrected chi connectivity index (χ4v) is 2.44. The van der Waals surface area contributed by atoms with Gasteiger partial charge in [0.25, 0.3) is 5.56 Å². The Bertz CT molecular complexity index is 885. The molecule has 1 unspecified atom stereocenters. The lowest BCUT2D eigenvalue weighted by atomic mass is 10.2. The van der Waals surface area contributed by atoms with Crippen molar-refractivity contribution in [2.45, 2.75) is 25.4 Å². The van der Waals surface area contributed by atoms with Crippen LogP contribution in [0.25, 0.3) is 10.9 Å². The Hall–Kier alpha value is -2.94. The van der Waals surface area contributed by atoms with Crippen LogP contribution in [0.1, 0.15) is 12.8 Å². The van der Waals surface area contributed by atoms with Crippen molar-refractivity contribution in [1.82, 2.24) is 14.9 Å². The van der Waals surface area contributed by atoms with Gasteiger partial charge in [-0.1, -0.05) is 12.1 Å². The molecule has 2 aromatic rings. The number of aliphatic carboxylic acids is 1. The van der Waals surface area contributed by atoms with Gasteiger partial charge in [0.05, 0.1) is 10.9 Å². The molecular formula is C16H19N3O6. The third kappa shape index (κ3) is 4.54. The van der Waals surface area contributed by atoms with E-state index in [1.54, 1.807) is 24.3 Å². The number of hydrogen-bond acceptors (Lipinski definition) is 5. The second-order valence-electron chi connectivity index (χ2n) is 5.42. The number of carboxylic acids is 1. The van der Waals surface area contributed by atoms with Gasteiger partial charge in [0.15, 0.2) is 0 Å². The van der Waals surface area contributed by atoms with E-state index in [-0.39, 0.29) is 26.0 Å². The molecule has 0 spiro atoms. The first-order chi connectivity index (χ1) is 11.9. The number of ether oxygens (including phenoxy) is 1. The largest absolute Gasteiger partial charge is 0.480 e. The van der Waals surface area contributed by atoms with E-state index in [2.05, 4.69) is 10.3 Å². The van der Waals surface area contributed by atoms with E-state index in [0.717, 1.165) is 0 Å². The smallest absolute Gasteiger partial charge is 0.328 e. The second-order valence-corrected chi connectivity index (χ2v) is 5.42. The minimum atomic E-state index is -1.16. The molecule has 0 aliphatic rings. The van der Waals surface area contributed by atoms with Crippen molar-refractivity contribution in [2.24, 2.45) is 0 Å². The molecule has 0 aliphatic heterocycles. The summed E-state index contributed by atoms with van der Waals surface area (Å²) in [6.07, 6.45) is 0.0335. The van der Waals surface area contributed by atoms with Crippen LogP contribution in [0.5, 0.6) is 0 Å². The average molecular weight is 349 g/mol. The number of nitrogens with zero attached hydrogens (tertiary/aromatic N) is 1. The number of benzene rings is 1. The number of aryl methyl sites for hydroxylation is 1. The Morgan fingerprint density at radius 1 is 1.32 bits per heavy atom. The summed E-state index contributed by atoms with van der Waals surface area (Å²) in [6, 6.07) is 5.49. The van der Waals surface area contributed by atoms with E-state index < -0.39 is 29.2 Å². The first kappa shape index (κ1) is 18.4. The number of hydrogen-bond donors (Lipinski definition) is 3. The van der Waals surface area contributed by atoms with Gasteiger partial charge in [0, 0.05) is 33.1 Å². The van der Waals surface area contributed by atoms with Crippen molar-refractivity contribution in [1.29, 1.82) is 0 Å². The summed E-state index contributed by atoms with van der Waals surface area (Å²) in [4.78, 5) is 49.1. The summed E-state index contributed by atoms with van der Waals surface area (Å²) in [5.41, 5.74) is -0.698. The Labute approximate surface area is 142 Å². The normalized spacial score (nSPS) is 12.0.